The Labute approximate surface area is 180 Å². The summed E-state index contributed by atoms with van der Waals surface area (Å²) in [6.07, 6.45) is 3.55. The Morgan fingerprint density at radius 2 is 1.73 bits per heavy atom. The molecule has 0 bridgehead atoms. The van der Waals surface area contributed by atoms with Crippen molar-refractivity contribution in [3.05, 3.63) is 64.8 Å². The number of nitrogens with zero attached hydrogens (tertiary/aromatic N) is 2. The Kier molecular flexibility index (Phi) is 5.53. The molecule has 4 heteroatoms. The third-order valence-electron chi connectivity index (χ3n) is 7.08. The summed E-state index contributed by atoms with van der Waals surface area (Å²) in [7, 11) is 0. The number of aromatic amines is 1. The predicted molar refractivity (Wildman–Crippen MR) is 127 cm³/mol. The first kappa shape index (κ1) is 19.7. The summed E-state index contributed by atoms with van der Waals surface area (Å²) >= 11 is 0. The minimum absolute atomic E-state index is 0.604. The first-order valence-corrected chi connectivity index (χ1v) is 11.5. The second-order valence-electron chi connectivity index (χ2n) is 9.09. The van der Waals surface area contributed by atoms with Gasteiger partial charge in [0.25, 0.3) is 0 Å². The van der Waals surface area contributed by atoms with Crippen LogP contribution in [0.2, 0.25) is 0 Å². The number of rotatable bonds is 5. The minimum Gasteiger partial charge on any atom is -0.369 e. The molecule has 4 nitrogen and oxygen atoms in total. The molecule has 2 N–H and O–H groups in total. The van der Waals surface area contributed by atoms with E-state index in [0.29, 0.717) is 6.04 Å². The third-order valence-corrected chi connectivity index (χ3v) is 7.08. The molecule has 0 amide bonds. The number of hydrogen-bond acceptors (Lipinski definition) is 3. The maximum absolute atomic E-state index is 3.86. The highest BCUT2D eigenvalue weighted by molar-refractivity contribution is 5.84. The Bertz CT molecular complexity index is 993. The van der Waals surface area contributed by atoms with Crippen molar-refractivity contribution in [1.82, 2.24) is 15.2 Å². The second-order valence-corrected chi connectivity index (χ2v) is 9.09. The van der Waals surface area contributed by atoms with Crippen LogP contribution in [0.4, 0.5) is 5.69 Å². The molecule has 1 aliphatic heterocycles. The number of fused-ring (bicyclic) bond motifs is 3. The fraction of sp³-hybridized carbons (Fsp3) is 0.462. The van der Waals surface area contributed by atoms with Crippen molar-refractivity contribution in [2.24, 2.45) is 0 Å². The Balaban J connectivity index is 1.11. The van der Waals surface area contributed by atoms with Gasteiger partial charge in [0.15, 0.2) is 0 Å². The van der Waals surface area contributed by atoms with E-state index in [1.807, 2.05) is 0 Å². The molecule has 0 spiro atoms. The molecular weight excluding hydrogens is 368 g/mol. The molecule has 0 radical (unpaired) electrons. The van der Waals surface area contributed by atoms with Crippen LogP contribution >= 0.6 is 0 Å². The first-order chi connectivity index (χ1) is 14.7. The van der Waals surface area contributed by atoms with Crippen molar-refractivity contribution in [2.45, 2.75) is 39.2 Å². The lowest BCUT2D eigenvalue weighted by atomic mass is 9.91. The summed E-state index contributed by atoms with van der Waals surface area (Å²) in [5.41, 5.74) is 8.54. The maximum atomic E-state index is 3.86. The van der Waals surface area contributed by atoms with E-state index in [-0.39, 0.29) is 0 Å². The fourth-order valence-electron chi connectivity index (χ4n) is 5.47. The topological polar surface area (TPSA) is 34.3 Å². The zero-order valence-corrected chi connectivity index (χ0v) is 18.4. The summed E-state index contributed by atoms with van der Waals surface area (Å²) in [4.78, 5) is 8.83. The van der Waals surface area contributed by atoms with Gasteiger partial charge in [0.2, 0.25) is 0 Å². The van der Waals surface area contributed by atoms with Gasteiger partial charge in [-0.15, -0.1) is 0 Å². The molecule has 1 atom stereocenters. The molecule has 30 heavy (non-hydrogen) atoms. The van der Waals surface area contributed by atoms with Crippen LogP contribution in [0.25, 0.3) is 10.9 Å². The van der Waals surface area contributed by atoms with Crippen molar-refractivity contribution in [3.63, 3.8) is 0 Å². The number of H-pyrrole nitrogens is 1. The average Bonchev–Trinajstić information content (AvgIpc) is 3.13. The molecule has 1 aliphatic carbocycles. The third kappa shape index (κ3) is 3.86. The Morgan fingerprint density at radius 1 is 0.967 bits per heavy atom. The van der Waals surface area contributed by atoms with Gasteiger partial charge in [0, 0.05) is 67.6 Å². The lowest BCUT2D eigenvalue weighted by Gasteiger charge is -2.38. The minimum atomic E-state index is 0.604. The van der Waals surface area contributed by atoms with Crippen LogP contribution in [-0.4, -0.2) is 55.2 Å². The van der Waals surface area contributed by atoms with Crippen molar-refractivity contribution in [3.8, 4) is 0 Å². The number of nitrogens with one attached hydrogen (secondary N) is 2. The smallest absolute Gasteiger partial charge is 0.0458 e. The molecule has 1 fully saturated rings. The van der Waals surface area contributed by atoms with Crippen molar-refractivity contribution < 1.29 is 0 Å². The average molecular weight is 403 g/mol. The van der Waals surface area contributed by atoms with Gasteiger partial charge in [0.1, 0.15) is 0 Å². The van der Waals surface area contributed by atoms with E-state index in [9.17, 15) is 0 Å². The number of aromatic nitrogens is 1. The number of piperazine rings is 1. The molecule has 2 heterocycles. The largest absolute Gasteiger partial charge is 0.369 e. The van der Waals surface area contributed by atoms with Gasteiger partial charge in [-0.2, -0.15) is 0 Å². The zero-order valence-electron chi connectivity index (χ0n) is 18.4. The SMILES string of the molecule is Cc1cccc(C)c1N1CCN(CCN[C@H]2CCc3[nH]c4ccccc4c3C2)CC1. The van der Waals surface area contributed by atoms with Gasteiger partial charge in [0.05, 0.1) is 0 Å². The van der Waals surface area contributed by atoms with E-state index in [2.05, 4.69) is 76.4 Å². The van der Waals surface area contributed by atoms with Crippen molar-refractivity contribution >= 4 is 16.6 Å². The van der Waals surface area contributed by atoms with Crippen LogP contribution < -0.4 is 10.2 Å². The highest BCUT2D eigenvalue weighted by Gasteiger charge is 2.23. The standard InChI is InChI=1S/C26H34N4/c1-19-6-5-7-20(2)26(19)30-16-14-29(15-17-30)13-12-27-21-10-11-25-23(18-21)22-8-3-4-9-24(22)28-25/h3-9,21,27-28H,10-18H2,1-2H3/t21-/m0/s1. The molecule has 1 saturated heterocycles. The van der Waals surface area contributed by atoms with E-state index in [0.717, 1.165) is 52.1 Å². The van der Waals surface area contributed by atoms with Gasteiger partial charge in [-0.05, 0) is 55.9 Å². The molecule has 5 rings (SSSR count). The number of anilines is 1. The summed E-state index contributed by atoms with van der Waals surface area (Å²) in [6, 6.07) is 16.0. The van der Waals surface area contributed by atoms with Gasteiger partial charge in [-0.25, -0.2) is 0 Å². The monoisotopic (exact) mass is 402 g/mol. The van der Waals surface area contributed by atoms with Gasteiger partial charge in [-0.1, -0.05) is 36.4 Å². The van der Waals surface area contributed by atoms with Gasteiger partial charge < -0.3 is 15.2 Å². The number of para-hydroxylation sites is 2. The molecule has 158 valence electrons. The van der Waals surface area contributed by atoms with Crippen molar-refractivity contribution in [1.29, 1.82) is 0 Å². The van der Waals surface area contributed by atoms with Gasteiger partial charge >= 0.3 is 0 Å². The molecule has 0 saturated carbocycles. The summed E-state index contributed by atoms with van der Waals surface area (Å²) in [5, 5.41) is 5.27. The summed E-state index contributed by atoms with van der Waals surface area (Å²) in [5.74, 6) is 0. The van der Waals surface area contributed by atoms with Crippen LogP contribution in [0.15, 0.2) is 42.5 Å². The normalized spacial score (nSPS) is 19.9. The quantitative estimate of drug-likeness (QED) is 0.676. The van der Waals surface area contributed by atoms with Crippen LogP contribution in [-0.2, 0) is 12.8 Å². The first-order valence-electron chi connectivity index (χ1n) is 11.5. The lowest BCUT2D eigenvalue weighted by molar-refractivity contribution is 0.252. The lowest BCUT2D eigenvalue weighted by Crippen LogP contribution is -2.49. The van der Waals surface area contributed by atoms with Crippen LogP contribution in [0.3, 0.4) is 0 Å². The van der Waals surface area contributed by atoms with Crippen LogP contribution in [0, 0.1) is 13.8 Å². The number of benzene rings is 2. The van der Waals surface area contributed by atoms with Crippen LogP contribution in [0.1, 0.15) is 28.8 Å². The summed E-state index contributed by atoms with van der Waals surface area (Å²) < 4.78 is 0. The predicted octanol–water partition coefficient (Wildman–Crippen LogP) is 4.05. The molecule has 0 unspecified atom stereocenters. The van der Waals surface area contributed by atoms with Gasteiger partial charge in [-0.3, -0.25) is 4.90 Å². The second kappa shape index (κ2) is 8.44. The van der Waals surface area contributed by atoms with E-state index in [4.69, 9.17) is 0 Å². The van der Waals surface area contributed by atoms with Crippen LogP contribution in [0.5, 0.6) is 0 Å². The summed E-state index contributed by atoms with van der Waals surface area (Å²) in [6.45, 7) is 11.3. The number of hydrogen-bond donors (Lipinski definition) is 2. The van der Waals surface area contributed by atoms with E-state index >= 15 is 0 Å². The highest BCUT2D eigenvalue weighted by atomic mass is 15.3. The van der Waals surface area contributed by atoms with Crippen molar-refractivity contribution in [2.75, 3.05) is 44.2 Å². The Hall–Kier alpha value is -2.30. The molecule has 2 aromatic carbocycles. The Morgan fingerprint density at radius 3 is 2.53 bits per heavy atom. The maximum Gasteiger partial charge on any atom is 0.0458 e. The molecule has 2 aliphatic rings. The van der Waals surface area contributed by atoms with E-state index < -0.39 is 0 Å². The number of aryl methyl sites for hydroxylation is 3. The fourth-order valence-corrected chi connectivity index (χ4v) is 5.47. The molecule has 1 aromatic heterocycles. The zero-order chi connectivity index (χ0) is 20.5. The van der Waals surface area contributed by atoms with E-state index in [1.54, 1.807) is 0 Å². The molecule has 3 aromatic rings. The molecular formula is C26H34N4. The van der Waals surface area contributed by atoms with E-state index in [1.165, 1.54) is 45.4 Å². The highest BCUT2D eigenvalue weighted by Crippen LogP contribution is 2.29.